The third-order valence-corrected chi connectivity index (χ3v) is 3.94. The molecular formula is C10H22O3S2. The van der Waals surface area contributed by atoms with Crippen LogP contribution in [-0.4, -0.2) is 30.2 Å². The van der Waals surface area contributed by atoms with Crippen molar-refractivity contribution in [1.82, 2.24) is 0 Å². The Morgan fingerprint density at radius 1 is 1.00 bits per heavy atom. The molecule has 0 atom stereocenters. The van der Waals surface area contributed by atoms with Gasteiger partial charge in [-0.25, -0.2) is 0 Å². The standard InChI is InChI=1S/C10H22O3S2/c1-2-14-9-7-5-3-4-6-8-10-15(11,12)13/h2-10H2,1H3,(H,11,12,13). The predicted molar refractivity (Wildman–Crippen MR) is 67.1 cm³/mol. The summed E-state index contributed by atoms with van der Waals surface area (Å²) < 4.78 is 29.3. The topological polar surface area (TPSA) is 54.4 Å². The normalized spacial score (nSPS) is 11.9. The van der Waals surface area contributed by atoms with Crippen LogP contribution >= 0.6 is 11.8 Å². The van der Waals surface area contributed by atoms with Crippen LogP contribution < -0.4 is 0 Å². The van der Waals surface area contributed by atoms with Crippen molar-refractivity contribution in [2.45, 2.75) is 45.4 Å². The molecule has 0 saturated heterocycles. The summed E-state index contributed by atoms with van der Waals surface area (Å²) >= 11 is 1.97. The number of thioether (sulfide) groups is 1. The number of hydrogen-bond acceptors (Lipinski definition) is 3. The van der Waals surface area contributed by atoms with E-state index in [0.29, 0.717) is 6.42 Å². The molecule has 0 aromatic carbocycles. The summed E-state index contributed by atoms with van der Waals surface area (Å²) in [5, 5.41) is 0. The van der Waals surface area contributed by atoms with Crippen LogP contribution in [0.3, 0.4) is 0 Å². The highest BCUT2D eigenvalue weighted by atomic mass is 32.2. The highest BCUT2D eigenvalue weighted by Gasteiger charge is 2.02. The largest absolute Gasteiger partial charge is 0.286 e. The average molecular weight is 254 g/mol. The molecule has 0 aromatic rings. The molecule has 1 N–H and O–H groups in total. The van der Waals surface area contributed by atoms with Crippen molar-refractivity contribution in [3.63, 3.8) is 0 Å². The summed E-state index contributed by atoms with van der Waals surface area (Å²) in [5.41, 5.74) is 0. The van der Waals surface area contributed by atoms with Crippen LogP contribution in [0, 0.1) is 0 Å². The summed E-state index contributed by atoms with van der Waals surface area (Å²) in [6.07, 6.45) is 6.24. The van der Waals surface area contributed by atoms with Crippen LogP contribution in [-0.2, 0) is 10.1 Å². The molecule has 0 aromatic heterocycles. The van der Waals surface area contributed by atoms with Gasteiger partial charge in [-0.3, -0.25) is 4.55 Å². The van der Waals surface area contributed by atoms with E-state index in [1.54, 1.807) is 0 Å². The lowest BCUT2D eigenvalue weighted by Gasteiger charge is -2.00. The van der Waals surface area contributed by atoms with E-state index in [1.807, 2.05) is 11.8 Å². The predicted octanol–water partition coefficient (Wildman–Crippen LogP) is 2.97. The lowest BCUT2D eigenvalue weighted by atomic mass is 10.1. The fourth-order valence-electron chi connectivity index (χ4n) is 1.34. The molecule has 0 aliphatic carbocycles. The molecule has 5 heteroatoms. The quantitative estimate of drug-likeness (QED) is 0.481. The molecule has 0 spiro atoms. The summed E-state index contributed by atoms with van der Waals surface area (Å²) in [6.45, 7) is 2.17. The third kappa shape index (κ3) is 14.3. The van der Waals surface area contributed by atoms with Gasteiger partial charge in [-0.2, -0.15) is 20.2 Å². The number of hydrogen-bond donors (Lipinski definition) is 1. The minimum atomic E-state index is -3.73. The highest BCUT2D eigenvalue weighted by molar-refractivity contribution is 7.99. The third-order valence-electron chi connectivity index (χ3n) is 2.15. The first-order valence-corrected chi connectivity index (χ1v) is 8.35. The van der Waals surface area contributed by atoms with Crippen LogP contribution in [0.1, 0.15) is 45.4 Å². The lowest BCUT2D eigenvalue weighted by molar-refractivity contribution is 0.478. The van der Waals surface area contributed by atoms with Crippen molar-refractivity contribution in [2.24, 2.45) is 0 Å². The molecule has 0 saturated carbocycles. The van der Waals surface area contributed by atoms with Crippen LogP contribution in [0.15, 0.2) is 0 Å². The van der Waals surface area contributed by atoms with Gasteiger partial charge in [0.15, 0.2) is 0 Å². The molecule has 0 radical (unpaired) electrons. The van der Waals surface area contributed by atoms with E-state index in [-0.39, 0.29) is 5.75 Å². The van der Waals surface area contributed by atoms with Crippen molar-refractivity contribution >= 4 is 21.9 Å². The summed E-state index contributed by atoms with van der Waals surface area (Å²) in [5.74, 6) is 2.34. The van der Waals surface area contributed by atoms with Crippen molar-refractivity contribution in [2.75, 3.05) is 17.3 Å². The van der Waals surface area contributed by atoms with Gasteiger partial charge in [-0.05, 0) is 24.3 Å². The second kappa shape index (κ2) is 9.48. The fourth-order valence-corrected chi connectivity index (χ4v) is 2.61. The van der Waals surface area contributed by atoms with Crippen LogP contribution in [0.2, 0.25) is 0 Å². The van der Waals surface area contributed by atoms with Crippen LogP contribution in [0.25, 0.3) is 0 Å². The Balaban J connectivity index is 3.06. The van der Waals surface area contributed by atoms with Crippen molar-refractivity contribution in [3.05, 3.63) is 0 Å². The molecule has 92 valence electrons. The van der Waals surface area contributed by atoms with Gasteiger partial charge in [0, 0.05) is 0 Å². The maximum Gasteiger partial charge on any atom is 0.264 e. The average Bonchev–Trinajstić information content (AvgIpc) is 2.14. The monoisotopic (exact) mass is 254 g/mol. The minimum Gasteiger partial charge on any atom is -0.286 e. The Kier molecular flexibility index (Phi) is 9.65. The van der Waals surface area contributed by atoms with Gasteiger partial charge in [0.05, 0.1) is 5.75 Å². The minimum absolute atomic E-state index is 0.0846. The smallest absolute Gasteiger partial charge is 0.264 e. The fraction of sp³-hybridized carbons (Fsp3) is 1.00. The molecule has 0 heterocycles. The maximum atomic E-state index is 10.4. The molecule has 0 bridgehead atoms. The molecule has 0 unspecified atom stereocenters. The SMILES string of the molecule is CCSCCCCCCCCS(=O)(=O)O. The van der Waals surface area contributed by atoms with E-state index < -0.39 is 10.1 Å². The lowest BCUT2D eigenvalue weighted by Crippen LogP contribution is -2.03. The van der Waals surface area contributed by atoms with Gasteiger partial charge in [-0.1, -0.05) is 32.6 Å². The van der Waals surface area contributed by atoms with Gasteiger partial charge in [0.1, 0.15) is 0 Å². The molecule has 0 aliphatic rings. The van der Waals surface area contributed by atoms with E-state index in [4.69, 9.17) is 4.55 Å². The summed E-state index contributed by atoms with van der Waals surface area (Å²) in [4.78, 5) is 0. The Bertz CT molecular complexity index is 225. The zero-order valence-electron chi connectivity index (χ0n) is 9.44. The highest BCUT2D eigenvalue weighted by Crippen LogP contribution is 2.09. The Labute approximate surface area is 97.8 Å². The maximum absolute atomic E-state index is 10.4. The van der Waals surface area contributed by atoms with E-state index in [2.05, 4.69) is 6.92 Å². The van der Waals surface area contributed by atoms with E-state index >= 15 is 0 Å². The first kappa shape index (κ1) is 15.3. The Morgan fingerprint density at radius 3 is 2.07 bits per heavy atom. The molecule has 0 amide bonds. The molecule has 0 aliphatic heterocycles. The van der Waals surface area contributed by atoms with Crippen LogP contribution in [0.4, 0.5) is 0 Å². The van der Waals surface area contributed by atoms with Gasteiger partial charge >= 0.3 is 0 Å². The van der Waals surface area contributed by atoms with Gasteiger partial charge in [0.25, 0.3) is 10.1 Å². The molecular weight excluding hydrogens is 232 g/mol. The molecule has 3 nitrogen and oxygen atoms in total. The first-order valence-electron chi connectivity index (χ1n) is 5.59. The van der Waals surface area contributed by atoms with Gasteiger partial charge in [0.2, 0.25) is 0 Å². The van der Waals surface area contributed by atoms with Crippen molar-refractivity contribution in [1.29, 1.82) is 0 Å². The van der Waals surface area contributed by atoms with Crippen molar-refractivity contribution < 1.29 is 13.0 Å². The molecule has 15 heavy (non-hydrogen) atoms. The van der Waals surface area contributed by atoms with Gasteiger partial charge in [-0.15, -0.1) is 0 Å². The van der Waals surface area contributed by atoms with E-state index in [1.165, 1.54) is 30.8 Å². The molecule has 0 fully saturated rings. The zero-order chi connectivity index (χ0) is 11.6. The second-order valence-corrected chi connectivity index (χ2v) is 6.57. The Hall–Kier alpha value is 0.260. The van der Waals surface area contributed by atoms with Crippen LogP contribution in [0.5, 0.6) is 0 Å². The Morgan fingerprint density at radius 2 is 1.53 bits per heavy atom. The van der Waals surface area contributed by atoms with E-state index in [0.717, 1.165) is 12.8 Å². The first-order chi connectivity index (χ1) is 7.06. The number of rotatable bonds is 10. The second-order valence-electron chi connectivity index (χ2n) is 3.60. The van der Waals surface area contributed by atoms with Crippen molar-refractivity contribution in [3.8, 4) is 0 Å². The summed E-state index contributed by atoms with van der Waals surface area (Å²) in [6, 6.07) is 0. The summed E-state index contributed by atoms with van der Waals surface area (Å²) in [7, 11) is -3.73. The van der Waals surface area contributed by atoms with Gasteiger partial charge < -0.3 is 0 Å². The zero-order valence-corrected chi connectivity index (χ0v) is 11.1. The van der Waals surface area contributed by atoms with E-state index in [9.17, 15) is 8.42 Å². The molecule has 0 rings (SSSR count). The number of unbranched alkanes of at least 4 members (excludes halogenated alkanes) is 5.